The Labute approximate surface area is 152 Å². The highest BCUT2D eigenvalue weighted by atomic mass is 16.2. The smallest absolute Gasteiger partial charge is 0.319 e. The summed E-state index contributed by atoms with van der Waals surface area (Å²) in [5.41, 5.74) is 0. The molecular formula is C20H35N3O2. The van der Waals surface area contributed by atoms with Crippen molar-refractivity contribution >= 4 is 11.9 Å². The predicted octanol–water partition coefficient (Wildman–Crippen LogP) is 3.20. The maximum atomic E-state index is 12.9. The predicted molar refractivity (Wildman–Crippen MR) is 99.3 cm³/mol. The number of amides is 3. The van der Waals surface area contributed by atoms with Crippen LogP contribution in [0, 0.1) is 17.8 Å². The van der Waals surface area contributed by atoms with Gasteiger partial charge in [0, 0.05) is 45.2 Å². The SMILES string of the molecule is CC(C)[C@@H]1CCCN(C(=O)C2CCN(C(=O)N3CCCC3)CC2)CC1. The first-order valence-corrected chi connectivity index (χ1v) is 10.4. The first kappa shape index (κ1) is 18.5. The van der Waals surface area contributed by atoms with E-state index in [0.717, 1.165) is 89.6 Å². The first-order valence-electron chi connectivity index (χ1n) is 10.4. The van der Waals surface area contributed by atoms with Crippen LogP contribution in [0.15, 0.2) is 0 Å². The van der Waals surface area contributed by atoms with Gasteiger partial charge in [0.1, 0.15) is 0 Å². The van der Waals surface area contributed by atoms with Gasteiger partial charge in [0.25, 0.3) is 0 Å². The minimum absolute atomic E-state index is 0.123. The number of piperidine rings is 1. The van der Waals surface area contributed by atoms with E-state index in [0.29, 0.717) is 5.91 Å². The lowest BCUT2D eigenvalue weighted by Crippen LogP contribution is -2.48. The molecule has 3 rings (SSSR count). The van der Waals surface area contributed by atoms with Gasteiger partial charge in [0.05, 0.1) is 0 Å². The second-order valence-electron chi connectivity index (χ2n) is 8.50. The van der Waals surface area contributed by atoms with Crippen molar-refractivity contribution in [3.8, 4) is 0 Å². The van der Waals surface area contributed by atoms with E-state index in [4.69, 9.17) is 0 Å². The van der Waals surface area contributed by atoms with E-state index in [1.165, 1.54) is 6.42 Å². The second kappa shape index (κ2) is 8.41. The third kappa shape index (κ3) is 4.48. The summed E-state index contributed by atoms with van der Waals surface area (Å²) in [7, 11) is 0. The van der Waals surface area contributed by atoms with Crippen LogP contribution in [0.25, 0.3) is 0 Å². The third-order valence-electron chi connectivity index (χ3n) is 6.52. The summed E-state index contributed by atoms with van der Waals surface area (Å²) < 4.78 is 0. The fraction of sp³-hybridized carbons (Fsp3) is 0.900. The van der Waals surface area contributed by atoms with E-state index in [9.17, 15) is 9.59 Å². The van der Waals surface area contributed by atoms with Crippen LogP contribution in [0.1, 0.15) is 58.8 Å². The van der Waals surface area contributed by atoms with Gasteiger partial charge in [-0.05, 0) is 56.8 Å². The van der Waals surface area contributed by atoms with Gasteiger partial charge in [-0.25, -0.2) is 4.79 Å². The molecule has 0 spiro atoms. The lowest BCUT2D eigenvalue weighted by molar-refractivity contribution is -0.136. The normalized spacial score (nSPS) is 26.2. The van der Waals surface area contributed by atoms with Crippen LogP contribution in [-0.2, 0) is 4.79 Å². The van der Waals surface area contributed by atoms with Crippen LogP contribution >= 0.6 is 0 Å². The summed E-state index contributed by atoms with van der Waals surface area (Å²) in [4.78, 5) is 31.5. The highest BCUT2D eigenvalue weighted by molar-refractivity contribution is 5.80. The molecule has 0 saturated carbocycles. The van der Waals surface area contributed by atoms with Gasteiger partial charge in [-0.1, -0.05) is 13.8 Å². The Hall–Kier alpha value is -1.26. The molecule has 5 nitrogen and oxygen atoms in total. The fourth-order valence-electron chi connectivity index (χ4n) is 4.69. The minimum atomic E-state index is 0.123. The van der Waals surface area contributed by atoms with E-state index in [1.807, 2.05) is 9.80 Å². The minimum Gasteiger partial charge on any atom is -0.342 e. The molecule has 0 N–H and O–H groups in total. The van der Waals surface area contributed by atoms with Crippen molar-refractivity contribution in [3.63, 3.8) is 0 Å². The summed E-state index contributed by atoms with van der Waals surface area (Å²) in [6, 6.07) is 0.193. The molecule has 0 aromatic carbocycles. The molecule has 3 fully saturated rings. The topological polar surface area (TPSA) is 43.9 Å². The van der Waals surface area contributed by atoms with Crippen LogP contribution in [0.4, 0.5) is 4.79 Å². The maximum absolute atomic E-state index is 12.9. The van der Waals surface area contributed by atoms with Crippen molar-refractivity contribution in [1.82, 2.24) is 14.7 Å². The maximum Gasteiger partial charge on any atom is 0.319 e. The summed E-state index contributed by atoms with van der Waals surface area (Å²) in [6.45, 7) is 9.75. The van der Waals surface area contributed by atoms with Gasteiger partial charge in [0.15, 0.2) is 0 Å². The summed E-state index contributed by atoms with van der Waals surface area (Å²) in [5.74, 6) is 1.95. The molecule has 3 heterocycles. The number of hydrogen-bond acceptors (Lipinski definition) is 2. The number of rotatable bonds is 2. The number of carbonyl (C=O) groups is 2. The van der Waals surface area contributed by atoms with Crippen LogP contribution in [0.5, 0.6) is 0 Å². The van der Waals surface area contributed by atoms with Crippen molar-refractivity contribution in [1.29, 1.82) is 0 Å². The Balaban J connectivity index is 1.47. The first-order chi connectivity index (χ1) is 12.1. The van der Waals surface area contributed by atoms with Crippen LogP contribution in [-0.4, -0.2) is 65.9 Å². The Morgan fingerprint density at radius 3 is 1.92 bits per heavy atom. The zero-order valence-electron chi connectivity index (χ0n) is 16.1. The molecule has 0 aromatic heterocycles. The average molecular weight is 350 g/mol. The van der Waals surface area contributed by atoms with Crippen molar-refractivity contribution in [2.45, 2.75) is 58.8 Å². The lowest BCUT2D eigenvalue weighted by atomic mass is 9.89. The highest BCUT2D eigenvalue weighted by Gasteiger charge is 2.33. The highest BCUT2D eigenvalue weighted by Crippen LogP contribution is 2.27. The van der Waals surface area contributed by atoms with Crippen molar-refractivity contribution in [3.05, 3.63) is 0 Å². The number of nitrogens with zero attached hydrogens (tertiary/aromatic N) is 3. The molecular weight excluding hydrogens is 314 g/mol. The van der Waals surface area contributed by atoms with Gasteiger partial charge in [-0.2, -0.15) is 0 Å². The third-order valence-corrected chi connectivity index (χ3v) is 6.52. The zero-order valence-corrected chi connectivity index (χ0v) is 16.1. The summed E-state index contributed by atoms with van der Waals surface area (Å²) in [6.07, 6.45) is 7.48. The monoisotopic (exact) mass is 349 g/mol. The number of hydrogen-bond donors (Lipinski definition) is 0. The van der Waals surface area contributed by atoms with Gasteiger partial charge in [0.2, 0.25) is 5.91 Å². The van der Waals surface area contributed by atoms with E-state index >= 15 is 0 Å². The lowest BCUT2D eigenvalue weighted by Gasteiger charge is -2.35. The van der Waals surface area contributed by atoms with Crippen LogP contribution in [0.2, 0.25) is 0 Å². The van der Waals surface area contributed by atoms with Gasteiger partial charge in [-0.3, -0.25) is 4.79 Å². The molecule has 3 aliphatic heterocycles. The molecule has 142 valence electrons. The largest absolute Gasteiger partial charge is 0.342 e. The standard InChI is InChI=1S/C20H35N3O2/c1-16(2)17-6-5-12-21(13-7-17)19(24)18-8-14-23(15-9-18)20(25)22-10-3-4-11-22/h16-18H,3-15H2,1-2H3/t17-/m1/s1. The molecule has 25 heavy (non-hydrogen) atoms. The molecule has 0 unspecified atom stereocenters. The van der Waals surface area contributed by atoms with Crippen molar-refractivity contribution in [2.24, 2.45) is 17.8 Å². The van der Waals surface area contributed by atoms with Crippen LogP contribution in [0.3, 0.4) is 0 Å². The number of likely N-dealkylation sites (tertiary alicyclic amines) is 3. The molecule has 3 saturated heterocycles. The molecule has 1 atom stereocenters. The molecule has 0 radical (unpaired) electrons. The average Bonchev–Trinajstić information content (AvgIpc) is 3.04. The summed E-state index contributed by atoms with van der Waals surface area (Å²) in [5, 5.41) is 0. The molecule has 0 aromatic rings. The Bertz CT molecular complexity index is 466. The summed E-state index contributed by atoms with van der Waals surface area (Å²) >= 11 is 0. The van der Waals surface area contributed by atoms with E-state index in [1.54, 1.807) is 0 Å². The Kier molecular flexibility index (Phi) is 6.24. The quantitative estimate of drug-likeness (QED) is 0.768. The van der Waals surface area contributed by atoms with Gasteiger partial charge < -0.3 is 14.7 Å². The fourth-order valence-corrected chi connectivity index (χ4v) is 4.69. The zero-order chi connectivity index (χ0) is 17.8. The molecule has 3 aliphatic rings. The van der Waals surface area contributed by atoms with Crippen molar-refractivity contribution < 1.29 is 9.59 Å². The second-order valence-corrected chi connectivity index (χ2v) is 8.50. The van der Waals surface area contributed by atoms with Gasteiger partial charge in [-0.15, -0.1) is 0 Å². The van der Waals surface area contributed by atoms with Gasteiger partial charge >= 0.3 is 6.03 Å². The molecule has 5 heteroatoms. The van der Waals surface area contributed by atoms with Crippen molar-refractivity contribution in [2.75, 3.05) is 39.3 Å². The van der Waals surface area contributed by atoms with E-state index < -0.39 is 0 Å². The number of urea groups is 1. The number of carbonyl (C=O) groups excluding carboxylic acids is 2. The Morgan fingerprint density at radius 2 is 1.28 bits per heavy atom. The van der Waals surface area contributed by atoms with E-state index in [-0.39, 0.29) is 11.9 Å². The molecule has 0 aliphatic carbocycles. The molecule has 3 amide bonds. The Morgan fingerprint density at radius 1 is 0.720 bits per heavy atom. The van der Waals surface area contributed by atoms with Crippen LogP contribution < -0.4 is 0 Å². The van der Waals surface area contributed by atoms with E-state index in [2.05, 4.69) is 18.7 Å². The molecule has 0 bridgehead atoms.